The average molecular weight is 346 g/mol. The lowest BCUT2D eigenvalue weighted by molar-refractivity contribution is -0.117. The van der Waals surface area contributed by atoms with E-state index < -0.39 is 6.04 Å². The van der Waals surface area contributed by atoms with E-state index >= 15 is 0 Å². The zero-order valence-electron chi connectivity index (χ0n) is 10.5. The van der Waals surface area contributed by atoms with Gasteiger partial charge in [0.05, 0.1) is 6.04 Å². The first-order valence-corrected chi connectivity index (χ1v) is 6.80. The first-order chi connectivity index (χ1) is 7.90. The van der Waals surface area contributed by atoms with E-state index in [9.17, 15) is 4.79 Å². The van der Waals surface area contributed by atoms with E-state index in [0.717, 1.165) is 9.26 Å². The number of carbonyl (C=O) groups excluding carboxylic acids is 1. The van der Waals surface area contributed by atoms with E-state index in [1.54, 1.807) is 0 Å². The number of nitrogens with one attached hydrogen (secondary N) is 1. The third-order valence-electron chi connectivity index (χ3n) is 2.50. The number of amides is 1. The first-order valence-electron chi connectivity index (χ1n) is 5.72. The maximum atomic E-state index is 11.8. The normalized spacial score (nSPS) is 12.6. The summed E-state index contributed by atoms with van der Waals surface area (Å²) in [7, 11) is 0. The molecular weight excluding hydrogens is 327 g/mol. The van der Waals surface area contributed by atoms with Gasteiger partial charge in [0.2, 0.25) is 5.91 Å². The van der Waals surface area contributed by atoms with Crippen molar-refractivity contribution in [2.75, 3.05) is 5.32 Å². The Bertz CT molecular complexity index is 404. The molecule has 0 aliphatic carbocycles. The summed E-state index contributed by atoms with van der Waals surface area (Å²) >= 11 is 2.25. The average Bonchev–Trinajstić information content (AvgIpc) is 2.22. The van der Waals surface area contributed by atoms with Gasteiger partial charge in [-0.15, -0.1) is 0 Å². The van der Waals surface area contributed by atoms with E-state index in [1.165, 1.54) is 5.56 Å². The minimum Gasteiger partial charge on any atom is -0.325 e. The van der Waals surface area contributed by atoms with Crippen LogP contribution in [-0.2, 0) is 4.79 Å². The number of nitrogens with two attached hydrogens (primary N) is 1. The molecule has 1 aromatic rings. The maximum Gasteiger partial charge on any atom is 0.241 e. The Kier molecular flexibility index (Phi) is 5.39. The second-order valence-corrected chi connectivity index (χ2v) is 5.85. The molecule has 0 spiro atoms. The molecule has 1 atom stereocenters. The minimum absolute atomic E-state index is 0.113. The van der Waals surface area contributed by atoms with Crippen LogP contribution in [0.1, 0.15) is 25.8 Å². The highest BCUT2D eigenvalue weighted by atomic mass is 127. The van der Waals surface area contributed by atoms with Crippen LogP contribution in [0.25, 0.3) is 0 Å². The summed E-state index contributed by atoms with van der Waals surface area (Å²) in [5, 5.41) is 2.85. The van der Waals surface area contributed by atoms with Gasteiger partial charge in [0, 0.05) is 9.26 Å². The van der Waals surface area contributed by atoms with Gasteiger partial charge in [-0.25, -0.2) is 0 Å². The van der Waals surface area contributed by atoms with E-state index in [0.29, 0.717) is 12.3 Å². The molecular formula is C13H19IN2O. The van der Waals surface area contributed by atoms with Crippen LogP contribution in [0.2, 0.25) is 0 Å². The fraction of sp³-hybridized carbons (Fsp3) is 0.462. The van der Waals surface area contributed by atoms with Gasteiger partial charge in [0.25, 0.3) is 0 Å². The second kappa shape index (κ2) is 6.35. The molecule has 0 fully saturated rings. The Balaban J connectivity index is 2.64. The predicted molar refractivity (Wildman–Crippen MR) is 80.0 cm³/mol. The number of benzene rings is 1. The van der Waals surface area contributed by atoms with Crippen molar-refractivity contribution in [1.82, 2.24) is 0 Å². The van der Waals surface area contributed by atoms with Crippen LogP contribution >= 0.6 is 22.6 Å². The van der Waals surface area contributed by atoms with Gasteiger partial charge in [0.1, 0.15) is 0 Å². The Hall–Kier alpha value is -0.620. The van der Waals surface area contributed by atoms with Crippen LogP contribution < -0.4 is 11.1 Å². The smallest absolute Gasteiger partial charge is 0.241 e. The highest BCUT2D eigenvalue weighted by Gasteiger charge is 2.15. The molecule has 0 heterocycles. The van der Waals surface area contributed by atoms with Crippen molar-refractivity contribution in [1.29, 1.82) is 0 Å². The summed E-state index contributed by atoms with van der Waals surface area (Å²) in [6.07, 6.45) is 0.703. The van der Waals surface area contributed by atoms with Crippen LogP contribution in [0, 0.1) is 16.4 Å². The molecule has 0 saturated carbocycles. The topological polar surface area (TPSA) is 55.1 Å². The zero-order chi connectivity index (χ0) is 13.0. The van der Waals surface area contributed by atoms with Crippen molar-refractivity contribution in [2.24, 2.45) is 11.7 Å². The van der Waals surface area contributed by atoms with Gasteiger partial charge in [-0.3, -0.25) is 4.79 Å². The molecule has 4 heteroatoms. The monoisotopic (exact) mass is 346 g/mol. The SMILES string of the molecule is Cc1ccc(NC(=O)C(N)CC(C)C)cc1I. The van der Waals surface area contributed by atoms with Crippen LogP contribution in [0.3, 0.4) is 0 Å². The van der Waals surface area contributed by atoms with Crippen molar-refractivity contribution in [3.63, 3.8) is 0 Å². The molecule has 94 valence electrons. The fourth-order valence-corrected chi connectivity index (χ4v) is 2.04. The molecule has 0 aliphatic heterocycles. The molecule has 3 N–H and O–H groups in total. The van der Waals surface area contributed by atoms with Gasteiger partial charge in [-0.2, -0.15) is 0 Å². The fourth-order valence-electron chi connectivity index (χ4n) is 1.52. The van der Waals surface area contributed by atoms with E-state index in [-0.39, 0.29) is 5.91 Å². The summed E-state index contributed by atoms with van der Waals surface area (Å²) in [5.74, 6) is 0.312. The van der Waals surface area contributed by atoms with Crippen LogP contribution in [0.4, 0.5) is 5.69 Å². The third-order valence-corrected chi connectivity index (χ3v) is 3.66. The number of anilines is 1. The highest BCUT2D eigenvalue weighted by Crippen LogP contribution is 2.17. The summed E-state index contributed by atoms with van der Waals surface area (Å²) in [6.45, 7) is 6.15. The Morgan fingerprint density at radius 3 is 2.65 bits per heavy atom. The van der Waals surface area contributed by atoms with Crippen LogP contribution in [0.15, 0.2) is 18.2 Å². The number of hydrogen-bond acceptors (Lipinski definition) is 2. The summed E-state index contributed by atoms with van der Waals surface area (Å²) in [5.41, 5.74) is 7.83. The molecule has 17 heavy (non-hydrogen) atoms. The minimum atomic E-state index is -0.436. The summed E-state index contributed by atoms with van der Waals surface area (Å²) in [6, 6.07) is 5.41. The predicted octanol–water partition coefficient (Wildman–Crippen LogP) is 2.91. The van der Waals surface area contributed by atoms with Gasteiger partial charge in [-0.1, -0.05) is 19.9 Å². The van der Waals surface area contributed by atoms with Crippen molar-refractivity contribution < 1.29 is 4.79 Å². The lowest BCUT2D eigenvalue weighted by Gasteiger charge is -2.14. The number of aryl methyl sites for hydroxylation is 1. The quantitative estimate of drug-likeness (QED) is 0.824. The molecule has 1 aromatic carbocycles. The van der Waals surface area contributed by atoms with Crippen LogP contribution in [0.5, 0.6) is 0 Å². The molecule has 0 bridgehead atoms. The molecule has 1 rings (SSSR count). The van der Waals surface area contributed by atoms with Crippen molar-refractivity contribution in [3.8, 4) is 0 Å². The van der Waals surface area contributed by atoms with Gasteiger partial charge in [-0.05, 0) is 59.5 Å². The van der Waals surface area contributed by atoms with E-state index in [4.69, 9.17) is 5.73 Å². The lowest BCUT2D eigenvalue weighted by atomic mass is 10.0. The number of hydrogen-bond donors (Lipinski definition) is 2. The van der Waals surface area contributed by atoms with Crippen LogP contribution in [-0.4, -0.2) is 11.9 Å². The standard InChI is InChI=1S/C13H19IN2O/c1-8(2)6-12(15)13(17)16-10-5-4-9(3)11(14)7-10/h4-5,7-8,12H,6,15H2,1-3H3,(H,16,17). The third kappa shape index (κ3) is 4.63. The van der Waals surface area contributed by atoms with E-state index in [1.807, 2.05) is 25.1 Å². The molecule has 0 aromatic heterocycles. The molecule has 0 aliphatic rings. The summed E-state index contributed by atoms with van der Waals surface area (Å²) in [4.78, 5) is 11.8. The van der Waals surface area contributed by atoms with E-state index in [2.05, 4.69) is 41.8 Å². The molecule has 0 saturated heterocycles. The first kappa shape index (κ1) is 14.4. The van der Waals surface area contributed by atoms with Gasteiger partial charge < -0.3 is 11.1 Å². The van der Waals surface area contributed by atoms with Gasteiger partial charge >= 0.3 is 0 Å². The number of rotatable bonds is 4. The molecule has 0 radical (unpaired) electrons. The maximum absolute atomic E-state index is 11.8. The molecule has 1 unspecified atom stereocenters. The molecule has 3 nitrogen and oxygen atoms in total. The Morgan fingerprint density at radius 1 is 1.47 bits per heavy atom. The van der Waals surface area contributed by atoms with Gasteiger partial charge in [0.15, 0.2) is 0 Å². The largest absolute Gasteiger partial charge is 0.325 e. The highest BCUT2D eigenvalue weighted by molar-refractivity contribution is 14.1. The molecule has 1 amide bonds. The number of carbonyl (C=O) groups is 1. The van der Waals surface area contributed by atoms with Crippen molar-refractivity contribution in [2.45, 2.75) is 33.2 Å². The van der Waals surface area contributed by atoms with Crippen molar-refractivity contribution >= 4 is 34.2 Å². The summed E-state index contributed by atoms with van der Waals surface area (Å²) < 4.78 is 1.14. The Labute approximate surface area is 116 Å². The lowest BCUT2D eigenvalue weighted by Crippen LogP contribution is -2.36. The zero-order valence-corrected chi connectivity index (χ0v) is 12.6. The second-order valence-electron chi connectivity index (χ2n) is 4.69. The Morgan fingerprint density at radius 2 is 2.12 bits per heavy atom. The number of halogens is 1. The van der Waals surface area contributed by atoms with Crippen molar-refractivity contribution in [3.05, 3.63) is 27.3 Å².